The summed E-state index contributed by atoms with van der Waals surface area (Å²) in [6.45, 7) is 4.73. The van der Waals surface area contributed by atoms with E-state index in [1.54, 1.807) is 7.11 Å². The number of amides is 1. The van der Waals surface area contributed by atoms with Crippen molar-refractivity contribution < 1.29 is 9.53 Å². The van der Waals surface area contributed by atoms with Gasteiger partial charge in [0.1, 0.15) is 0 Å². The Labute approximate surface area is 161 Å². The van der Waals surface area contributed by atoms with E-state index in [4.69, 9.17) is 4.74 Å². The number of methoxy groups -OCH3 is 1. The number of carbonyl (C=O) groups excluding carboxylic acids is 1. The molecule has 2 unspecified atom stereocenters. The van der Waals surface area contributed by atoms with Crippen molar-refractivity contribution in [2.75, 3.05) is 33.4 Å². The number of nitrogens with zero attached hydrogens (tertiary/aromatic N) is 2. The van der Waals surface area contributed by atoms with Gasteiger partial charge in [0.05, 0.1) is 6.61 Å². The van der Waals surface area contributed by atoms with Gasteiger partial charge in [0.2, 0.25) is 0 Å². The third-order valence-corrected chi connectivity index (χ3v) is 6.35. The van der Waals surface area contributed by atoms with Gasteiger partial charge in [-0.1, -0.05) is 12.5 Å². The van der Waals surface area contributed by atoms with Crippen LogP contribution in [0, 0.1) is 5.92 Å². The molecule has 5 heteroatoms. The molecule has 0 radical (unpaired) electrons. The lowest BCUT2D eigenvalue weighted by atomic mass is 9.83. The van der Waals surface area contributed by atoms with Crippen molar-refractivity contribution in [2.24, 2.45) is 5.92 Å². The lowest BCUT2D eigenvalue weighted by molar-refractivity contribution is 0.0576. The molecule has 27 heavy (non-hydrogen) atoms. The molecule has 1 amide bonds. The number of rotatable bonds is 6. The molecule has 0 bridgehead atoms. The highest BCUT2D eigenvalue weighted by Gasteiger charge is 2.33. The Morgan fingerprint density at radius 3 is 2.96 bits per heavy atom. The number of benzene rings is 1. The molecule has 5 nitrogen and oxygen atoms in total. The summed E-state index contributed by atoms with van der Waals surface area (Å²) in [5.41, 5.74) is 1.87. The fourth-order valence-electron chi connectivity index (χ4n) is 4.94. The third kappa shape index (κ3) is 3.90. The standard InChI is InChI=1S/C22H31N3O2/c1-27-15-14-25-13-10-18-19(7-4-9-21(18)25)22(26)23-16-17-6-5-12-24-11-3-2-8-20(17)24/h4,7,9-10,13,17,20H,2-3,5-6,8,11-12,14-16H2,1H3,(H,23,26). The van der Waals surface area contributed by atoms with Gasteiger partial charge in [-0.05, 0) is 62.9 Å². The van der Waals surface area contributed by atoms with Gasteiger partial charge in [0.15, 0.2) is 0 Å². The van der Waals surface area contributed by atoms with Gasteiger partial charge in [-0.2, -0.15) is 0 Å². The predicted molar refractivity (Wildman–Crippen MR) is 108 cm³/mol. The predicted octanol–water partition coefficient (Wildman–Crippen LogP) is 3.28. The van der Waals surface area contributed by atoms with Crippen LogP contribution in [0.1, 0.15) is 42.5 Å². The molecule has 2 aliphatic rings. The van der Waals surface area contributed by atoms with Crippen LogP contribution < -0.4 is 5.32 Å². The highest BCUT2D eigenvalue weighted by Crippen LogP contribution is 2.30. The Hall–Kier alpha value is -1.85. The van der Waals surface area contributed by atoms with Crippen molar-refractivity contribution in [3.8, 4) is 0 Å². The maximum absolute atomic E-state index is 12.9. The van der Waals surface area contributed by atoms with E-state index in [9.17, 15) is 4.79 Å². The molecular formula is C22H31N3O2. The minimum Gasteiger partial charge on any atom is -0.383 e. The normalized spacial score (nSPS) is 23.3. The SMILES string of the molecule is COCCn1ccc2c(C(=O)NCC3CCCN4CCCCC34)cccc21. The van der Waals surface area contributed by atoms with Gasteiger partial charge in [-0.25, -0.2) is 0 Å². The fourth-order valence-corrected chi connectivity index (χ4v) is 4.94. The van der Waals surface area contributed by atoms with E-state index < -0.39 is 0 Å². The molecule has 1 aromatic heterocycles. The van der Waals surface area contributed by atoms with Crippen molar-refractivity contribution in [1.82, 2.24) is 14.8 Å². The van der Waals surface area contributed by atoms with Crippen LogP contribution in [-0.2, 0) is 11.3 Å². The van der Waals surface area contributed by atoms with Crippen LogP contribution in [0.3, 0.4) is 0 Å². The Bertz CT molecular complexity index is 783. The largest absolute Gasteiger partial charge is 0.383 e. The van der Waals surface area contributed by atoms with Crippen LogP contribution in [0.15, 0.2) is 30.5 Å². The number of ether oxygens (including phenoxy) is 1. The van der Waals surface area contributed by atoms with Gasteiger partial charge in [-0.15, -0.1) is 0 Å². The van der Waals surface area contributed by atoms with E-state index in [1.807, 2.05) is 24.4 Å². The van der Waals surface area contributed by atoms with Crippen molar-refractivity contribution in [1.29, 1.82) is 0 Å². The van der Waals surface area contributed by atoms with Crippen molar-refractivity contribution in [2.45, 2.75) is 44.7 Å². The minimum absolute atomic E-state index is 0.0537. The molecule has 146 valence electrons. The van der Waals surface area contributed by atoms with Gasteiger partial charge in [-0.3, -0.25) is 4.79 Å². The molecule has 0 aliphatic carbocycles. The first-order valence-electron chi connectivity index (χ1n) is 10.4. The Balaban J connectivity index is 1.44. The number of hydrogen-bond acceptors (Lipinski definition) is 3. The molecule has 0 saturated carbocycles. The molecule has 2 saturated heterocycles. The van der Waals surface area contributed by atoms with Crippen molar-refractivity contribution in [3.05, 3.63) is 36.0 Å². The van der Waals surface area contributed by atoms with E-state index in [2.05, 4.69) is 20.9 Å². The first kappa shape index (κ1) is 18.5. The Morgan fingerprint density at radius 1 is 1.19 bits per heavy atom. The molecule has 1 N–H and O–H groups in total. The third-order valence-electron chi connectivity index (χ3n) is 6.35. The van der Waals surface area contributed by atoms with E-state index in [1.165, 1.54) is 45.2 Å². The molecule has 3 heterocycles. The average molecular weight is 370 g/mol. The summed E-state index contributed by atoms with van der Waals surface area (Å²) in [6.07, 6.45) is 8.49. The number of aromatic nitrogens is 1. The second kappa shape index (κ2) is 8.44. The van der Waals surface area contributed by atoms with Crippen molar-refractivity contribution in [3.63, 3.8) is 0 Å². The van der Waals surface area contributed by atoms with Crippen LogP contribution >= 0.6 is 0 Å². The molecule has 0 spiro atoms. The number of piperidine rings is 2. The van der Waals surface area contributed by atoms with E-state index >= 15 is 0 Å². The minimum atomic E-state index is 0.0537. The fraction of sp³-hybridized carbons (Fsp3) is 0.591. The van der Waals surface area contributed by atoms with Crippen LogP contribution in [0.25, 0.3) is 10.9 Å². The smallest absolute Gasteiger partial charge is 0.251 e. The Morgan fingerprint density at radius 2 is 2.07 bits per heavy atom. The Kier molecular flexibility index (Phi) is 5.79. The summed E-state index contributed by atoms with van der Waals surface area (Å²) in [4.78, 5) is 15.6. The summed E-state index contributed by atoms with van der Waals surface area (Å²) in [5, 5.41) is 4.27. The van der Waals surface area contributed by atoms with E-state index in [0.717, 1.165) is 29.6 Å². The summed E-state index contributed by atoms with van der Waals surface area (Å²) >= 11 is 0. The van der Waals surface area contributed by atoms with Crippen LogP contribution in [-0.4, -0.2) is 54.8 Å². The monoisotopic (exact) mass is 369 g/mol. The van der Waals surface area contributed by atoms with Crippen molar-refractivity contribution >= 4 is 16.8 Å². The van der Waals surface area contributed by atoms with Gasteiger partial charge in [0.25, 0.3) is 5.91 Å². The molecule has 2 fully saturated rings. The highest BCUT2D eigenvalue weighted by molar-refractivity contribution is 6.06. The maximum atomic E-state index is 12.9. The van der Waals surface area contributed by atoms with Gasteiger partial charge in [0, 0.05) is 48.9 Å². The van der Waals surface area contributed by atoms with Crippen LogP contribution in [0.4, 0.5) is 0 Å². The number of carbonyl (C=O) groups is 1. The van der Waals surface area contributed by atoms with Crippen LogP contribution in [0.5, 0.6) is 0 Å². The number of fused-ring (bicyclic) bond motifs is 2. The van der Waals surface area contributed by atoms with E-state index in [0.29, 0.717) is 18.6 Å². The zero-order chi connectivity index (χ0) is 18.6. The number of nitrogens with one attached hydrogen (secondary N) is 1. The average Bonchev–Trinajstić information content (AvgIpc) is 3.13. The molecule has 4 rings (SSSR count). The second-order valence-corrected chi connectivity index (χ2v) is 7.95. The van der Waals surface area contributed by atoms with Gasteiger partial charge >= 0.3 is 0 Å². The molecule has 2 aromatic rings. The highest BCUT2D eigenvalue weighted by atomic mass is 16.5. The molecule has 2 aliphatic heterocycles. The summed E-state index contributed by atoms with van der Waals surface area (Å²) in [5.74, 6) is 0.645. The zero-order valence-electron chi connectivity index (χ0n) is 16.3. The van der Waals surface area contributed by atoms with Crippen LogP contribution in [0.2, 0.25) is 0 Å². The lowest BCUT2D eigenvalue weighted by Gasteiger charge is -2.44. The zero-order valence-corrected chi connectivity index (χ0v) is 16.3. The van der Waals surface area contributed by atoms with Gasteiger partial charge < -0.3 is 19.5 Å². The first-order valence-corrected chi connectivity index (χ1v) is 10.4. The first-order chi connectivity index (χ1) is 13.3. The lowest BCUT2D eigenvalue weighted by Crippen LogP contribution is -2.51. The van der Waals surface area contributed by atoms with E-state index in [-0.39, 0.29) is 5.91 Å². The summed E-state index contributed by atoms with van der Waals surface area (Å²) < 4.78 is 7.34. The topological polar surface area (TPSA) is 46.5 Å². The summed E-state index contributed by atoms with van der Waals surface area (Å²) in [7, 11) is 1.71. The quantitative estimate of drug-likeness (QED) is 0.850. The second-order valence-electron chi connectivity index (χ2n) is 7.95. The molecule has 2 atom stereocenters. The maximum Gasteiger partial charge on any atom is 0.251 e. The summed E-state index contributed by atoms with van der Waals surface area (Å²) in [6, 6.07) is 8.70. The molecule has 1 aromatic carbocycles. The molecular weight excluding hydrogens is 338 g/mol. The number of hydrogen-bond donors (Lipinski definition) is 1.